The van der Waals surface area contributed by atoms with E-state index in [-0.39, 0.29) is 35.5 Å². The van der Waals surface area contributed by atoms with Crippen molar-refractivity contribution in [1.29, 1.82) is 0 Å². The zero-order valence-corrected chi connectivity index (χ0v) is 20.4. The van der Waals surface area contributed by atoms with E-state index in [1.54, 1.807) is 36.1 Å². The fraction of sp³-hybridized carbons (Fsp3) is 0.300. The number of hydrogen-bond acceptors (Lipinski definition) is 11. The molecule has 5 rings (SSSR count). The molecule has 1 saturated heterocycles. The molecule has 2 aliphatic heterocycles. The molecule has 186 valence electrons. The number of aliphatic carboxylic acids is 1. The summed E-state index contributed by atoms with van der Waals surface area (Å²) in [4.78, 5) is 48.4. The van der Waals surface area contributed by atoms with E-state index in [0.717, 1.165) is 17.2 Å². The second-order valence-electron chi connectivity index (χ2n) is 7.68. The van der Waals surface area contributed by atoms with Gasteiger partial charge in [-0.05, 0) is 13.0 Å². The van der Waals surface area contributed by atoms with Gasteiger partial charge in [-0.3, -0.25) is 14.5 Å². The quantitative estimate of drug-likeness (QED) is 0.145. The van der Waals surface area contributed by atoms with Gasteiger partial charge >= 0.3 is 11.6 Å². The maximum atomic E-state index is 13.0. The molecule has 0 bridgehead atoms. The molecule has 0 spiro atoms. The van der Waals surface area contributed by atoms with Gasteiger partial charge in [0.15, 0.2) is 11.3 Å². The van der Waals surface area contributed by atoms with Crippen LogP contribution in [0.15, 0.2) is 47.1 Å². The Kier molecular flexibility index (Phi) is 6.27. The summed E-state index contributed by atoms with van der Waals surface area (Å²) in [7, 11) is 0. The van der Waals surface area contributed by atoms with Gasteiger partial charge in [0.2, 0.25) is 11.5 Å². The number of anilines is 1. The molecule has 3 aromatic rings. The number of carbonyl (C=O) groups excluding carboxylic acids is 2. The highest BCUT2D eigenvalue weighted by Crippen LogP contribution is 2.40. The lowest BCUT2D eigenvalue weighted by molar-refractivity contribution is -0.662. The molecule has 0 aromatic carbocycles. The lowest BCUT2D eigenvalue weighted by atomic mass is 10.0. The van der Waals surface area contributed by atoms with E-state index >= 15 is 0 Å². The summed E-state index contributed by atoms with van der Waals surface area (Å²) in [6.45, 7) is 2.16. The number of aromatic nitrogens is 5. The van der Waals surface area contributed by atoms with Gasteiger partial charge in [-0.25, -0.2) is 9.36 Å². The Morgan fingerprint density at radius 3 is 3.00 bits per heavy atom. The van der Waals surface area contributed by atoms with Crippen LogP contribution >= 0.6 is 23.3 Å². The van der Waals surface area contributed by atoms with Crippen LogP contribution in [0.25, 0.3) is 5.65 Å². The summed E-state index contributed by atoms with van der Waals surface area (Å²) in [5.41, 5.74) is 6.66. The van der Waals surface area contributed by atoms with Crippen LogP contribution in [-0.2, 0) is 25.8 Å². The zero-order valence-electron chi connectivity index (χ0n) is 18.8. The topological polar surface area (TPSA) is 181 Å². The number of oxime groups is 1. The van der Waals surface area contributed by atoms with Gasteiger partial charge < -0.3 is 21.0 Å². The molecule has 14 nitrogen and oxygen atoms in total. The Hall–Kier alpha value is -4.05. The van der Waals surface area contributed by atoms with Gasteiger partial charge in [-0.1, -0.05) is 10.3 Å². The molecule has 4 N–H and O–H groups in total. The molecular weight excluding hydrogens is 510 g/mol. The van der Waals surface area contributed by atoms with Crippen molar-refractivity contribution in [3.8, 4) is 0 Å². The minimum atomic E-state index is -1.21. The van der Waals surface area contributed by atoms with E-state index in [4.69, 9.17) is 10.6 Å². The fourth-order valence-electron chi connectivity index (χ4n) is 3.94. The molecule has 36 heavy (non-hydrogen) atoms. The number of imidazole rings is 1. The van der Waals surface area contributed by atoms with Gasteiger partial charge in [-0.15, -0.1) is 16.3 Å². The van der Waals surface area contributed by atoms with Crippen molar-refractivity contribution >= 4 is 57.6 Å². The minimum Gasteiger partial charge on any atom is -0.477 e. The van der Waals surface area contributed by atoms with Gasteiger partial charge in [0.05, 0.1) is 6.20 Å². The second kappa shape index (κ2) is 9.54. The van der Waals surface area contributed by atoms with Crippen molar-refractivity contribution in [1.82, 2.24) is 29.2 Å². The first kappa shape index (κ1) is 23.7. The van der Waals surface area contributed by atoms with E-state index in [0.29, 0.717) is 11.3 Å². The predicted octanol–water partition coefficient (Wildman–Crippen LogP) is -0.765. The molecule has 16 heteroatoms. The Bertz CT molecular complexity index is 1430. The lowest BCUT2D eigenvalue weighted by Crippen LogP contribution is -2.71. The van der Waals surface area contributed by atoms with Crippen LogP contribution in [0, 0.1) is 0 Å². The number of carbonyl (C=O) groups is 3. The smallest absolute Gasteiger partial charge is 0.352 e. The SMILES string of the molecule is CCO/N=C(/C(=O)N[C@@H]1C(=O)N2C(C(=O)O)=C(C[n+]3ccn4ncccc43)CS[C@H]12)c1nsc(N)n1. The number of thioether (sulfide) groups is 1. The number of carboxylic acids is 1. The third-order valence-electron chi connectivity index (χ3n) is 5.49. The number of nitrogen functional groups attached to an aromatic ring is 1. The number of amides is 2. The average molecular weight is 531 g/mol. The largest absolute Gasteiger partial charge is 0.477 e. The first-order valence-electron chi connectivity index (χ1n) is 10.7. The summed E-state index contributed by atoms with van der Waals surface area (Å²) >= 11 is 2.25. The number of nitrogens with zero attached hydrogens (tertiary/aromatic N) is 7. The van der Waals surface area contributed by atoms with E-state index < -0.39 is 29.2 Å². The maximum absolute atomic E-state index is 13.0. The van der Waals surface area contributed by atoms with Crippen molar-refractivity contribution in [2.75, 3.05) is 18.1 Å². The lowest BCUT2D eigenvalue weighted by Gasteiger charge is -2.49. The highest BCUT2D eigenvalue weighted by molar-refractivity contribution is 8.00. The number of hydrogen-bond donors (Lipinski definition) is 3. The first-order chi connectivity index (χ1) is 17.4. The zero-order chi connectivity index (χ0) is 25.4. The normalized spacial score (nSPS) is 19.8. The summed E-state index contributed by atoms with van der Waals surface area (Å²) in [6, 6.07) is 2.70. The molecule has 2 atom stereocenters. The van der Waals surface area contributed by atoms with Gasteiger partial charge in [0, 0.05) is 28.9 Å². The monoisotopic (exact) mass is 530 g/mol. The fourth-order valence-corrected chi connectivity index (χ4v) is 5.71. The Balaban J connectivity index is 1.37. The van der Waals surface area contributed by atoms with Crippen LogP contribution in [0.3, 0.4) is 0 Å². The minimum absolute atomic E-state index is 0.0249. The number of rotatable bonds is 8. The van der Waals surface area contributed by atoms with Crippen LogP contribution < -0.4 is 15.6 Å². The predicted molar refractivity (Wildman–Crippen MR) is 128 cm³/mol. The van der Waals surface area contributed by atoms with E-state index in [1.807, 2.05) is 10.6 Å². The maximum Gasteiger partial charge on any atom is 0.352 e. The van der Waals surface area contributed by atoms with Crippen LogP contribution in [0.5, 0.6) is 0 Å². The standard InChI is InChI=1S/C20H19N9O5S2/c1-2-34-25-12(15-24-20(21)36-26-15)16(30)23-13-17(31)29-14(19(32)33)10(9-35-18(13)29)8-27-6-7-28-11(27)4-3-5-22-28/h3-7,13,18H,2,8-9H2,1H3,(H3-,21,23,24,26,30,32,33)/p+1/b25-12+/t13-,18-/m1/s1. The first-order valence-corrected chi connectivity index (χ1v) is 12.5. The highest BCUT2D eigenvalue weighted by atomic mass is 32.2. The third-order valence-corrected chi connectivity index (χ3v) is 7.37. The molecule has 0 aliphatic carbocycles. The van der Waals surface area contributed by atoms with Crippen LogP contribution in [0.2, 0.25) is 0 Å². The summed E-state index contributed by atoms with van der Waals surface area (Å²) in [6.07, 6.45) is 5.21. The van der Waals surface area contributed by atoms with Crippen LogP contribution in [0.1, 0.15) is 12.7 Å². The highest BCUT2D eigenvalue weighted by Gasteiger charge is 2.54. The molecule has 3 aromatic heterocycles. The molecule has 0 saturated carbocycles. The van der Waals surface area contributed by atoms with Crippen molar-refractivity contribution in [3.05, 3.63) is 47.8 Å². The van der Waals surface area contributed by atoms with Crippen molar-refractivity contribution in [2.24, 2.45) is 5.16 Å². The van der Waals surface area contributed by atoms with E-state index in [9.17, 15) is 19.5 Å². The van der Waals surface area contributed by atoms with Crippen molar-refractivity contribution in [2.45, 2.75) is 24.9 Å². The molecule has 0 radical (unpaired) electrons. The number of β-lactam (4-membered cyclic amide) rings is 1. The van der Waals surface area contributed by atoms with Gasteiger partial charge in [-0.2, -0.15) is 9.36 Å². The molecule has 5 heterocycles. The van der Waals surface area contributed by atoms with Gasteiger partial charge in [0.1, 0.15) is 36.5 Å². The third kappa shape index (κ3) is 4.13. The Labute approximate surface area is 211 Å². The summed E-state index contributed by atoms with van der Waals surface area (Å²) in [5, 5.41) is 20.1. The Morgan fingerprint density at radius 2 is 2.28 bits per heavy atom. The number of nitrogens with one attached hydrogen (secondary N) is 1. The molecule has 0 unspecified atom stereocenters. The second-order valence-corrected chi connectivity index (χ2v) is 9.57. The molecular formula is C20H20N9O5S2+. The summed E-state index contributed by atoms with van der Waals surface area (Å²) < 4.78 is 7.52. The number of nitrogens with two attached hydrogens (primary N) is 1. The average Bonchev–Trinajstić information content (AvgIpc) is 3.48. The van der Waals surface area contributed by atoms with Crippen molar-refractivity contribution < 1.29 is 28.9 Å². The summed E-state index contributed by atoms with van der Waals surface area (Å²) in [5.74, 6) is -2.14. The molecule has 2 aliphatic rings. The van der Waals surface area contributed by atoms with E-state index in [2.05, 4.69) is 24.9 Å². The van der Waals surface area contributed by atoms with Gasteiger partial charge in [0.25, 0.3) is 11.8 Å². The number of carboxylic acid groups (broad SMARTS) is 1. The van der Waals surface area contributed by atoms with Crippen molar-refractivity contribution in [3.63, 3.8) is 0 Å². The van der Waals surface area contributed by atoms with Crippen LogP contribution in [0.4, 0.5) is 5.13 Å². The number of fused-ring (bicyclic) bond motifs is 2. The van der Waals surface area contributed by atoms with E-state index in [1.165, 1.54) is 16.7 Å². The van der Waals surface area contributed by atoms with Crippen LogP contribution in [-0.4, -0.2) is 76.2 Å². The molecule has 1 fully saturated rings. The Morgan fingerprint density at radius 1 is 1.44 bits per heavy atom. The molecule has 2 amide bonds.